The molecular weight excluding hydrogens is 214 g/mol. The predicted molar refractivity (Wildman–Crippen MR) is 72.0 cm³/mol. The van der Waals surface area contributed by atoms with E-state index in [9.17, 15) is 0 Å². The van der Waals surface area contributed by atoms with Crippen molar-refractivity contribution >= 4 is 11.3 Å². The van der Waals surface area contributed by atoms with Crippen LogP contribution in [0.4, 0.5) is 0 Å². The first-order chi connectivity index (χ1) is 7.75. The Labute approximate surface area is 103 Å². The first-order valence-electron chi connectivity index (χ1n) is 6.55. The van der Waals surface area contributed by atoms with Crippen LogP contribution in [0.25, 0.3) is 0 Å². The van der Waals surface area contributed by atoms with E-state index in [1.807, 2.05) is 11.3 Å². The SMILES string of the molecule is Cc1ccc(C(C)NCC2CCCCC2)s1. The molecule has 1 atom stereocenters. The number of aryl methyl sites for hydroxylation is 1. The Morgan fingerprint density at radius 1 is 1.31 bits per heavy atom. The molecule has 0 bridgehead atoms. The summed E-state index contributed by atoms with van der Waals surface area (Å²) in [5.74, 6) is 0.928. The highest BCUT2D eigenvalue weighted by Gasteiger charge is 2.15. The molecule has 0 aliphatic heterocycles. The third kappa shape index (κ3) is 3.33. The van der Waals surface area contributed by atoms with Crippen LogP contribution in [0.15, 0.2) is 12.1 Å². The van der Waals surface area contributed by atoms with Crippen LogP contribution < -0.4 is 5.32 Å². The average Bonchev–Trinajstić information content (AvgIpc) is 2.74. The first kappa shape index (κ1) is 12.1. The van der Waals surface area contributed by atoms with Gasteiger partial charge in [-0.2, -0.15) is 0 Å². The van der Waals surface area contributed by atoms with Crippen molar-refractivity contribution in [2.24, 2.45) is 5.92 Å². The Balaban J connectivity index is 1.76. The molecule has 1 aromatic heterocycles. The van der Waals surface area contributed by atoms with Crippen LogP contribution in [0.1, 0.15) is 54.8 Å². The fourth-order valence-electron chi connectivity index (χ4n) is 2.52. The van der Waals surface area contributed by atoms with Crippen molar-refractivity contribution in [2.75, 3.05) is 6.54 Å². The van der Waals surface area contributed by atoms with Crippen molar-refractivity contribution in [1.82, 2.24) is 5.32 Å². The predicted octanol–water partition coefficient (Wildman–Crippen LogP) is 4.29. The Morgan fingerprint density at radius 2 is 2.06 bits per heavy atom. The number of thiophene rings is 1. The van der Waals surface area contributed by atoms with Gasteiger partial charge in [0.2, 0.25) is 0 Å². The molecule has 0 aromatic carbocycles. The molecule has 1 nitrogen and oxygen atoms in total. The van der Waals surface area contributed by atoms with Crippen molar-refractivity contribution in [3.63, 3.8) is 0 Å². The third-order valence-corrected chi connectivity index (χ3v) is 4.81. The maximum Gasteiger partial charge on any atom is 0.0386 e. The van der Waals surface area contributed by atoms with Gasteiger partial charge in [-0.15, -0.1) is 11.3 Å². The van der Waals surface area contributed by atoms with Crippen molar-refractivity contribution in [1.29, 1.82) is 0 Å². The van der Waals surface area contributed by atoms with Crippen molar-refractivity contribution in [2.45, 2.75) is 52.0 Å². The monoisotopic (exact) mass is 237 g/mol. The largest absolute Gasteiger partial charge is 0.309 e. The second kappa shape index (κ2) is 5.83. The van der Waals surface area contributed by atoms with E-state index in [0.717, 1.165) is 5.92 Å². The molecule has 2 rings (SSSR count). The van der Waals surface area contributed by atoms with Gasteiger partial charge in [-0.1, -0.05) is 19.3 Å². The molecule has 1 aromatic rings. The summed E-state index contributed by atoms with van der Waals surface area (Å²) in [6.07, 6.45) is 7.21. The Bertz CT molecular complexity index is 312. The summed E-state index contributed by atoms with van der Waals surface area (Å²) in [7, 11) is 0. The topological polar surface area (TPSA) is 12.0 Å². The molecule has 1 saturated carbocycles. The summed E-state index contributed by atoms with van der Waals surface area (Å²) < 4.78 is 0. The smallest absolute Gasteiger partial charge is 0.0386 e. The van der Waals surface area contributed by atoms with E-state index in [4.69, 9.17) is 0 Å². The van der Waals surface area contributed by atoms with Crippen LogP contribution in [0.3, 0.4) is 0 Å². The van der Waals surface area contributed by atoms with Gasteiger partial charge in [0.05, 0.1) is 0 Å². The minimum Gasteiger partial charge on any atom is -0.309 e. The van der Waals surface area contributed by atoms with Crippen LogP contribution in [-0.4, -0.2) is 6.54 Å². The lowest BCUT2D eigenvalue weighted by atomic mass is 9.89. The molecule has 1 heterocycles. The zero-order valence-corrected chi connectivity index (χ0v) is 11.3. The molecule has 0 radical (unpaired) electrons. The third-order valence-electron chi connectivity index (χ3n) is 3.63. The summed E-state index contributed by atoms with van der Waals surface area (Å²) in [5, 5.41) is 3.69. The van der Waals surface area contributed by atoms with E-state index in [2.05, 4.69) is 31.3 Å². The second-order valence-electron chi connectivity index (χ2n) is 5.08. The molecular formula is C14H23NS. The number of hydrogen-bond acceptors (Lipinski definition) is 2. The van der Waals surface area contributed by atoms with Gasteiger partial charge in [-0.3, -0.25) is 0 Å². The van der Waals surface area contributed by atoms with Gasteiger partial charge in [0, 0.05) is 15.8 Å². The molecule has 2 heteroatoms. The highest BCUT2D eigenvalue weighted by Crippen LogP contribution is 2.25. The fourth-order valence-corrected chi connectivity index (χ4v) is 3.43. The van der Waals surface area contributed by atoms with Crippen LogP contribution in [0.5, 0.6) is 0 Å². The quantitative estimate of drug-likeness (QED) is 0.824. The molecule has 1 N–H and O–H groups in total. The number of nitrogens with one attached hydrogen (secondary N) is 1. The molecule has 0 spiro atoms. The first-order valence-corrected chi connectivity index (χ1v) is 7.37. The molecule has 1 fully saturated rings. The lowest BCUT2D eigenvalue weighted by Crippen LogP contribution is -2.26. The van der Waals surface area contributed by atoms with E-state index < -0.39 is 0 Å². The molecule has 1 aliphatic rings. The Morgan fingerprint density at radius 3 is 2.69 bits per heavy atom. The van der Waals surface area contributed by atoms with E-state index in [1.165, 1.54) is 48.4 Å². The fraction of sp³-hybridized carbons (Fsp3) is 0.714. The highest BCUT2D eigenvalue weighted by molar-refractivity contribution is 7.12. The lowest BCUT2D eigenvalue weighted by molar-refractivity contribution is 0.332. The van der Waals surface area contributed by atoms with Gasteiger partial charge in [-0.05, 0) is 51.3 Å². The Hall–Kier alpha value is -0.340. The number of hydrogen-bond donors (Lipinski definition) is 1. The maximum atomic E-state index is 3.69. The maximum absolute atomic E-state index is 3.69. The number of rotatable bonds is 4. The average molecular weight is 237 g/mol. The van der Waals surface area contributed by atoms with Gasteiger partial charge in [0.25, 0.3) is 0 Å². The Kier molecular flexibility index (Phi) is 4.42. The normalized spacial score (nSPS) is 19.9. The summed E-state index contributed by atoms with van der Waals surface area (Å²) in [6.45, 7) is 5.67. The zero-order chi connectivity index (χ0) is 11.4. The van der Waals surface area contributed by atoms with Crippen LogP contribution in [0, 0.1) is 12.8 Å². The minimum atomic E-state index is 0.528. The molecule has 90 valence electrons. The van der Waals surface area contributed by atoms with E-state index >= 15 is 0 Å². The molecule has 1 aliphatic carbocycles. The van der Waals surface area contributed by atoms with Crippen LogP contribution >= 0.6 is 11.3 Å². The van der Waals surface area contributed by atoms with Gasteiger partial charge in [-0.25, -0.2) is 0 Å². The zero-order valence-electron chi connectivity index (χ0n) is 10.5. The van der Waals surface area contributed by atoms with Crippen molar-refractivity contribution < 1.29 is 0 Å². The van der Waals surface area contributed by atoms with E-state index in [0.29, 0.717) is 6.04 Å². The van der Waals surface area contributed by atoms with Crippen molar-refractivity contribution in [3.05, 3.63) is 21.9 Å². The summed E-state index contributed by atoms with van der Waals surface area (Å²) >= 11 is 1.92. The van der Waals surface area contributed by atoms with Gasteiger partial charge >= 0.3 is 0 Å². The highest BCUT2D eigenvalue weighted by atomic mass is 32.1. The second-order valence-corrected chi connectivity index (χ2v) is 6.40. The summed E-state index contributed by atoms with van der Waals surface area (Å²) in [4.78, 5) is 2.90. The molecule has 0 amide bonds. The summed E-state index contributed by atoms with van der Waals surface area (Å²) in [5.41, 5.74) is 0. The molecule has 0 saturated heterocycles. The lowest BCUT2D eigenvalue weighted by Gasteiger charge is -2.23. The molecule has 16 heavy (non-hydrogen) atoms. The standard InChI is InChI=1S/C14H23NS/c1-11-8-9-14(16-11)12(2)15-10-13-6-4-3-5-7-13/h8-9,12-13,15H,3-7,10H2,1-2H3. The van der Waals surface area contributed by atoms with Gasteiger partial charge in [0.15, 0.2) is 0 Å². The van der Waals surface area contributed by atoms with Crippen LogP contribution in [-0.2, 0) is 0 Å². The van der Waals surface area contributed by atoms with Gasteiger partial charge in [0.1, 0.15) is 0 Å². The minimum absolute atomic E-state index is 0.528. The van der Waals surface area contributed by atoms with Crippen LogP contribution in [0.2, 0.25) is 0 Å². The van der Waals surface area contributed by atoms with Gasteiger partial charge < -0.3 is 5.32 Å². The van der Waals surface area contributed by atoms with Crippen molar-refractivity contribution in [3.8, 4) is 0 Å². The van der Waals surface area contributed by atoms with E-state index in [1.54, 1.807) is 0 Å². The summed E-state index contributed by atoms with van der Waals surface area (Å²) in [6, 6.07) is 5.01. The van der Waals surface area contributed by atoms with E-state index in [-0.39, 0.29) is 0 Å². The molecule has 1 unspecified atom stereocenters.